The van der Waals surface area contributed by atoms with Gasteiger partial charge in [0.15, 0.2) is 5.11 Å². The van der Waals surface area contributed by atoms with E-state index in [1.54, 1.807) is 6.08 Å². The monoisotopic (exact) mass is 338 g/mol. The molecule has 0 heterocycles. The SMILES string of the molecule is CCc1cccc(C)c1NC(=S)NC(=O)/C=C/c1ccc(C)cc1. The van der Waals surface area contributed by atoms with Gasteiger partial charge < -0.3 is 5.32 Å². The molecule has 0 aliphatic rings. The van der Waals surface area contributed by atoms with Crippen molar-refractivity contribution >= 4 is 35.0 Å². The molecular formula is C20H22N2OS. The van der Waals surface area contributed by atoms with E-state index in [2.05, 4.69) is 23.6 Å². The van der Waals surface area contributed by atoms with E-state index < -0.39 is 0 Å². The molecule has 0 saturated heterocycles. The number of carbonyl (C=O) groups is 1. The number of carbonyl (C=O) groups excluding carboxylic acids is 1. The highest BCUT2D eigenvalue weighted by molar-refractivity contribution is 7.80. The number of thiocarbonyl (C=S) groups is 1. The molecule has 0 aromatic heterocycles. The summed E-state index contributed by atoms with van der Waals surface area (Å²) in [4.78, 5) is 12.0. The zero-order valence-corrected chi connectivity index (χ0v) is 15.0. The average molecular weight is 338 g/mol. The molecule has 124 valence electrons. The predicted octanol–water partition coefficient (Wildman–Crippen LogP) is 4.39. The van der Waals surface area contributed by atoms with Gasteiger partial charge in [-0.2, -0.15) is 0 Å². The summed E-state index contributed by atoms with van der Waals surface area (Å²) in [5.41, 5.74) is 5.39. The third-order valence-electron chi connectivity index (χ3n) is 3.72. The number of benzene rings is 2. The van der Waals surface area contributed by atoms with Crippen LogP contribution in [-0.2, 0) is 11.2 Å². The minimum absolute atomic E-state index is 0.250. The second-order valence-corrected chi connectivity index (χ2v) is 6.06. The fraction of sp³-hybridized carbons (Fsp3) is 0.200. The number of aryl methyl sites for hydroxylation is 3. The van der Waals surface area contributed by atoms with E-state index in [-0.39, 0.29) is 5.91 Å². The van der Waals surface area contributed by atoms with Gasteiger partial charge in [-0.3, -0.25) is 10.1 Å². The number of nitrogens with one attached hydrogen (secondary N) is 2. The Bertz CT molecular complexity index is 764. The Morgan fingerprint density at radius 2 is 1.83 bits per heavy atom. The molecule has 2 N–H and O–H groups in total. The highest BCUT2D eigenvalue weighted by atomic mass is 32.1. The largest absolute Gasteiger partial charge is 0.332 e. The number of para-hydroxylation sites is 1. The van der Waals surface area contributed by atoms with Gasteiger partial charge in [0, 0.05) is 11.8 Å². The lowest BCUT2D eigenvalue weighted by atomic mass is 10.1. The van der Waals surface area contributed by atoms with Crippen molar-refractivity contribution < 1.29 is 4.79 Å². The highest BCUT2D eigenvalue weighted by Gasteiger charge is 2.07. The second kappa shape index (κ2) is 8.41. The molecule has 0 radical (unpaired) electrons. The molecule has 0 aliphatic heterocycles. The maximum Gasteiger partial charge on any atom is 0.250 e. The maximum atomic E-state index is 12.0. The van der Waals surface area contributed by atoms with Crippen molar-refractivity contribution in [1.82, 2.24) is 5.32 Å². The molecule has 2 rings (SSSR count). The van der Waals surface area contributed by atoms with E-state index in [0.717, 1.165) is 23.2 Å². The Morgan fingerprint density at radius 3 is 2.50 bits per heavy atom. The van der Waals surface area contributed by atoms with Gasteiger partial charge in [-0.05, 0) is 55.3 Å². The molecule has 0 aliphatic carbocycles. The van der Waals surface area contributed by atoms with Gasteiger partial charge in [0.05, 0.1) is 0 Å². The van der Waals surface area contributed by atoms with Gasteiger partial charge in [-0.25, -0.2) is 0 Å². The van der Waals surface area contributed by atoms with E-state index in [9.17, 15) is 4.79 Å². The summed E-state index contributed by atoms with van der Waals surface area (Å²) in [5, 5.41) is 6.12. The van der Waals surface area contributed by atoms with Gasteiger partial charge >= 0.3 is 0 Å². The minimum atomic E-state index is -0.250. The fourth-order valence-corrected chi connectivity index (χ4v) is 2.55. The van der Waals surface area contributed by atoms with Crippen LogP contribution in [0.5, 0.6) is 0 Å². The molecule has 0 bridgehead atoms. The molecule has 4 heteroatoms. The van der Waals surface area contributed by atoms with Crippen molar-refractivity contribution in [2.45, 2.75) is 27.2 Å². The quantitative estimate of drug-likeness (QED) is 0.641. The van der Waals surface area contributed by atoms with Gasteiger partial charge in [-0.15, -0.1) is 0 Å². The van der Waals surface area contributed by atoms with Gasteiger partial charge in [0.1, 0.15) is 0 Å². The standard InChI is InChI=1S/C20H22N2OS/c1-4-17-7-5-6-15(3)19(17)22-20(24)21-18(23)13-12-16-10-8-14(2)9-11-16/h5-13H,4H2,1-3H3,(H2,21,22,23,24)/b13-12+. The normalized spacial score (nSPS) is 10.6. The molecule has 0 spiro atoms. The second-order valence-electron chi connectivity index (χ2n) is 5.65. The third-order valence-corrected chi connectivity index (χ3v) is 3.92. The lowest BCUT2D eigenvalue weighted by Crippen LogP contribution is -2.33. The Kier molecular flexibility index (Phi) is 6.27. The first-order valence-corrected chi connectivity index (χ1v) is 8.35. The van der Waals surface area contributed by atoms with E-state index >= 15 is 0 Å². The van der Waals surface area contributed by atoms with E-state index in [1.165, 1.54) is 17.2 Å². The maximum absolute atomic E-state index is 12.0. The Morgan fingerprint density at radius 1 is 1.12 bits per heavy atom. The molecule has 0 unspecified atom stereocenters. The molecular weight excluding hydrogens is 316 g/mol. The van der Waals surface area contributed by atoms with Crippen LogP contribution in [0, 0.1) is 13.8 Å². The van der Waals surface area contributed by atoms with Crippen LogP contribution in [-0.4, -0.2) is 11.0 Å². The van der Waals surface area contributed by atoms with Crippen LogP contribution in [0.4, 0.5) is 5.69 Å². The first kappa shape index (κ1) is 17.9. The Hall–Kier alpha value is -2.46. The van der Waals surface area contributed by atoms with Gasteiger partial charge in [-0.1, -0.05) is 55.0 Å². The number of anilines is 1. The summed E-state index contributed by atoms with van der Waals surface area (Å²) in [6.07, 6.45) is 4.15. The lowest BCUT2D eigenvalue weighted by molar-refractivity contribution is -0.115. The average Bonchev–Trinajstić information content (AvgIpc) is 2.56. The van der Waals surface area contributed by atoms with Crippen LogP contribution in [0.2, 0.25) is 0 Å². The van der Waals surface area contributed by atoms with Crippen LogP contribution in [0.3, 0.4) is 0 Å². The summed E-state index contributed by atoms with van der Waals surface area (Å²) in [6, 6.07) is 14.0. The van der Waals surface area contributed by atoms with E-state index in [1.807, 2.05) is 50.2 Å². The zero-order chi connectivity index (χ0) is 17.5. The first-order chi connectivity index (χ1) is 11.5. The summed E-state index contributed by atoms with van der Waals surface area (Å²) in [5.74, 6) is -0.250. The first-order valence-electron chi connectivity index (χ1n) is 7.94. The summed E-state index contributed by atoms with van der Waals surface area (Å²) >= 11 is 5.25. The highest BCUT2D eigenvalue weighted by Crippen LogP contribution is 2.20. The molecule has 24 heavy (non-hydrogen) atoms. The molecule has 3 nitrogen and oxygen atoms in total. The van der Waals surface area contributed by atoms with Gasteiger partial charge in [0.25, 0.3) is 0 Å². The number of hydrogen-bond donors (Lipinski definition) is 2. The van der Waals surface area contributed by atoms with Crippen LogP contribution >= 0.6 is 12.2 Å². The zero-order valence-electron chi connectivity index (χ0n) is 14.2. The summed E-state index contributed by atoms with van der Waals surface area (Å²) in [6.45, 7) is 6.13. The number of amides is 1. The molecule has 0 fully saturated rings. The van der Waals surface area contributed by atoms with Crippen molar-refractivity contribution in [3.05, 3.63) is 70.8 Å². The Balaban J connectivity index is 1.97. The molecule has 2 aromatic rings. The number of rotatable bonds is 4. The third kappa shape index (κ3) is 5.03. The lowest BCUT2D eigenvalue weighted by Gasteiger charge is -2.14. The molecule has 0 saturated carbocycles. The smallest absolute Gasteiger partial charge is 0.250 e. The predicted molar refractivity (Wildman–Crippen MR) is 105 cm³/mol. The van der Waals surface area contributed by atoms with Gasteiger partial charge in [0.2, 0.25) is 5.91 Å². The Labute approximate surface area is 148 Å². The van der Waals surface area contributed by atoms with Crippen molar-refractivity contribution in [2.75, 3.05) is 5.32 Å². The summed E-state index contributed by atoms with van der Waals surface area (Å²) < 4.78 is 0. The topological polar surface area (TPSA) is 41.1 Å². The van der Waals surface area contributed by atoms with E-state index in [0.29, 0.717) is 5.11 Å². The van der Waals surface area contributed by atoms with Crippen molar-refractivity contribution in [2.24, 2.45) is 0 Å². The van der Waals surface area contributed by atoms with E-state index in [4.69, 9.17) is 12.2 Å². The van der Waals surface area contributed by atoms with Crippen LogP contribution in [0.1, 0.15) is 29.2 Å². The van der Waals surface area contributed by atoms with Crippen LogP contribution in [0.25, 0.3) is 6.08 Å². The fourth-order valence-electron chi connectivity index (χ4n) is 2.35. The van der Waals surface area contributed by atoms with Crippen molar-refractivity contribution in [3.63, 3.8) is 0 Å². The molecule has 2 aromatic carbocycles. The summed E-state index contributed by atoms with van der Waals surface area (Å²) in [7, 11) is 0. The van der Waals surface area contributed by atoms with Crippen molar-refractivity contribution in [1.29, 1.82) is 0 Å². The number of hydrogen-bond acceptors (Lipinski definition) is 2. The van der Waals surface area contributed by atoms with Crippen molar-refractivity contribution in [3.8, 4) is 0 Å². The minimum Gasteiger partial charge on any atom is -0.332 e. The molecule has 0 atom stereocenters. The molecule has 1 amide bonds. The van der Waals surface area contributed by atoms with Crippen LogP contribution in [0.15, 0.2) is 48.5 Å². The van der Waals surface area contributed by atoms with Crippen LogP contribution < -0.4 is 10.6 Å².